The molecule has 0 bridgehead atoms. The highest BCUT2D eigenvalue weighted by atomic mass is 79.9. The summed E-state index contributed by atoms with van der Waals surface area (Å²) in [6, 6.07) is 7.57. The van der Waals surface area contributed by atoms with Crippen molar-refractivity contribution in [2.24, 2.45) is 10.8 Å². The van der Waals surface area contributed by atoms with Gasteiger partial charge in [-0.25, -0.2) is 0 Å². The first-order chi connectivity index (χ1) is 14.4. The quantitative estimate of drug-likeness (QED) is 0.219. The molecule has 0 radical (unpaired) electrons. The third-order valence-electron chi connectivity index (χ3n) is 7.18. The fourth-order valence-electron chi connectivity index (χ4n) is 5.71. The number of benzene rings is 1. The van der Waals surface area contributed by atoms with Crippen LogP contribution in [0.5, 0.6) is 0 Å². The van der Waals surface area contributed by atoms with Crippen LogP contribution in [0.2, 0.25) is 0 Å². The van der Waals surface area contributed by atoms with Crippen LogP contribution in [0.4, 0.5) is 0 Å². The first kappa shape index (κ1) is 30.2. The number of hydrogen-bond donors (Lipinski definition) is 0. The van der Waals surface area contributed by atoms with Crippen molar-refractivity contribution < 1.29 is 0 Å². The molecule has 1 rings (SSSR count). The Morgan fingerprint density at radius 1 is 0.531 bits per heavy atom. The fraction of sp³-hybridized carbons (Fsp3) is 0.800. The van der Waals surface area contributed by atoms with Gasteiger partial charge in [0.2, 0.25) is 0 Å². The van der Waals surface area contributed by atoms with Crippen LogP contribution in [0.1, 0.15) is 131 Å². The molecule has 0 atom stereocenters. The maximum atomic E-state index is 3.63. The molecule has 0 heterocycles. The van der Waals surface area contributed by atoms with Gasteiger partial charge in [-0.05, 0) is 82.3 Å². The Morgan fingerprint density at radius 2 is 0.844 bits per heavy atom. The Kier molecular flexibility index (Phi) is 10.6. The molecule has 0 aromatic heterocycles. The highest BCUT2D eigenvalue weighted by Gasteiger charge is 2.34. The predicted octanol–water partition coefficient (Wildman–Crippen LogP) is 10.7. The van der Waals surface area contributed by atoms with Crippen LogP contribution in [-0.4, -0.2) is 10.7 Å². The van der Waals surface area contributed by atoms with Gasteiger partial charge in [-0.1, -0.05) is 126 Å². The van der Waals surface area contributed by atoms with Gasteiger partial charge in [-0.3, -0.25) is 0 Å². The molecule has 0 saturated carbocycles. The van der Waals surface area contributed by atoms with Crippen molar-refractivity contribution in [1.29, 1.82) is 0 Å². The van der Waals surface area contributed by atoms with Crippen molar-refractivity contribution in [3.05, 3.63) is 34.9 Å². The minimum atomic E-state index is 0.146. The predicted molar refractivity (Wildman–Crippen MR) is 154 cm³/mol. The van der Waals surface area contributed by atoms with E-state index in [4.69, 9.17) is 0 Å². The first-order valence-electron chi connectivity index (χ1n) is 12.6. The van der Waals surface area contributed by atoms with E-state index >= 15 is 0 Å². The van der Waals surface area contributed by atoms with Crippen molar-refractivity contribution in [2.45, 2.75) is 131 Å². The zero-order valence-electron chi connectivity index (χ0n) is 23.1. The second-order valence-electron chi connectivity index (χ2n) is 14.1. The van der Waals surface area contributed by atoms with Crippen LogP contribution in [-0.2, 0) is 16.2 Å². The maximum absolute atomic E-state index is 3.63. The van der Waals surface area contributed by atoms with Gasteiger partial charge in [-0.15, -0.1) is 0 Å². The van der Waals surface area contributed by atoms with E-state index in [9.17, 15) is 0 Å². The van der Waals surface area contributed by atoms with E-state index in [2.05, 4.69) is 126 Å². The average molecular weight is 573 g/mol. The molecule has 0 fully saturated rings. The smallest absolute Gasteiger partial charge is 0.00315 e. The van der Waals surface area contributed by atoms with Gasteiger partial charge in [-0.2, -0.15) is 0 Å². The lowest BCUT2D eigenvalue weighted by molar-refractivity contribution is 0.233. The molecule has 186 valence electrons. The summed E-state index contributed by atoms with van der Waals surface area (Å²) < 4.78 is 0. The van der Waals surface area contributed by atoms with Gasteiger partial charge in [0.1, 0.15) is 0 Å². The summed E-state index contributed by atoms with van der Waals surface area (Å²) in [5.74, 6) is 0. The molecule has 0 aliphatic heterocycles. The molecule has 0 aliphatic rings. The Hall–Kier alpha value is 0.180. The third-order valence-corrected chi connectivity index (χ3v) is 8.30. The summed E-state index contributed by atoms with van der Waals surface area (Å²) >= 11 is 7.25. The molecular formula is C30H52Br2. The van der Waals surface area contributed by atoms with Crippen molar-refractivity contribution in [2.75, 3.05) is 10.7 Å². The van der Waals surface area contributed by atoms with Crippen LogP contribution in [0.3, 0.4) is 0 Å². The lowest BCUT2D eigenvalue weighted by Gasteiger charge is -2.39. The van der Waals surface area contributed by atoms with Gasteiger partial charge in [0.25, 0.3) is 0 Å². The standard InChI is InChI=1S/C30H52Br2/c1-26(2,3)23-18-24(29(8,9)21-27(4,5)14-12-16-31)20-25(19-23)30(10,11)22-28(6,7)15-13-17-32/h18-20H,12-17,21-22H2,1-11H3. The third kappa shape index (κ3) is 9.44. The van der Waals surface area contributed by atoms with Crippen molar-refractivity contribution >= 4 is 31.9 Å². The maximum Gasteiger partial charge on any atom is 0.00315 e. The van der Waals surface area contributed by atoms with E-state index in [1.807, 2.05) is 0 Å². The van der Waals surface area contributed by atoms with Gasteiger partial charge in [0.15, 0.2) is 0 Å². The van der Waals surface area contributed by atoms with Crippen LogP contribution in [0.15, 0.2) is 18.2 Å². The number of rotatable bonds is 12. The van der Waals surface area contributed by atoms with Crippen molar-refractivity contribution in [3.63, 3.8) is 0 Å². The molecule has 0 spiro atoms. The largest absolute Gasteiger partial charge is 0.0928 e. The zero-order valence-corrected chi connectivity index (χ0v) is 26.3. The summed E-state index contributed by atoms with van der Waals surface area (Å²) in [6.07, 6.45) is 7.43. The lowest BCUT2D eigenvalue weighted by atomic mass is 9.66. The topological polar surface area (TPSA) is 0 Å². The monoisotopic (exact) mass is 570 g/mol. The van der Waals surface area contributed by atoms with Crippen LogP contribution >= 0.6 is 31.9 Å². The van der Waals surface area contributed by atoms with Crippen LogP contribution < -0.4 is 0 Å². The Bertz CT molecular complexity index is 665. The summed E-state index contributed by atoms with van der Waals surface area (Å²) in [6.45, 7) is 26.7. The number of alkyl halides is 2. The molecule has 0 amide bonds. The average Bonchev–Trinajstić information content (AvgIpc) is 2.62. The highest BCUT2D eigenvalue weighted by molar-refractivity contribution is 9.09. The Balaban J connectivity index is 3.43. The second kappa shape index (κ2) is 11.3. The molecule has 0 aliphatic carbocycles. The second-order valence-corrected chi connectivity index (χ2v) is 15.7. The van der Waals surface area contributed by atoms with Gasteiger partial charge >= 0.3 is 0 Å². The summed E-state index contributed by atoms with van der Waals surface area (Å²) in [5, 5.41) is 2.19. The SMILES string of the molecule is CC(C)(CCCBr)CC(C)(C)c1cc(C(C)(C)C)cc(C(C)(C)CC(C)(C)CCCBr)c1. The van der Waals surface area contributed by atoms with Crippen LogP contribution in [0.25, 0.3) is 0 Å². The van der Waals surface area contributed by atoms with Gasteiger partial charge in [0.05, 0.1) is 0 Å². The van der Waals surface area contributed by atoms with E-state index < -0.39 is 0 Å². The molecule has 0 saturated heterocycles. The minimum absolute atomic E-state index is 0.146. The Morgan fingerprint density at radius 3 is 1.12 bits per heavy atom. The molecule has 0 unspecified atom stereocenters. The molecule has 2 heteroatoms. The lowest BCUT2D eigenvalue weighted by Crippen LogP contribution is -2.30. The fourth-order valence-corrected chi connectivity index (χ4v) is 6.27. The number of hydrogen-bond acceptors (Lipinski definition) is 0. The minimum Gasteiger partial charge on any atom is -0.0928 e. The molecule has 0 N–H and O–H groups in total. The van der Waals surface area contributed by atoms with Crippen molar-refractivity contribution in [3.8, 4) is 0 Å². The molecule has 1 aromatic rings. The molecule has 1 aromatic carbocycles. The van der Waals surface area contributed by atoms with E-state index in [0.717, 1.165) is 10.7 Å². The highest BCUT2D eigenvalue weighted by Crippen LogP contribution is 2.44. The molecule has 32 heavy (non-hydrogen) atoms. The van der Waals surface area contributed by atoms with Crippen molar-refractivity contribution in [1.82, 2.24) is 0 Å². The summed E-state index contributed by atoms with van der Waals surface area (Å²) in [5.41, 5.74) is 5.61. The zero-order chi connectivity index (χ0) is 25.0. The van der Waals surface area contributed by atoms with E-state index in [1.165, 1.54) is 55.2 Å². The van der Waals surface area contributed by atoms with Gasteiger partial charge in [0, 0.05) is 10.7 Å². The van der Waals surface area contributed by atoms with E-state index in [-0.39, 0.29) is 16.2 Å². The normalized spacial score (nSPS) is 14.2. The number of halogens is 2. The van der Waals surface area contributed by atoms with E-state index in [1.54, 1.807) is 0 Å². The molecular weight excluding hydrogens is 520 g/mol. The summed E-state index contributed by atoms with van der Waals surface area (Å²) in [7, 11) is 0. The van der Waals surface area contributed by atoms with Crippen LogP contribution in [0, 0.1) is 10.8 Å². The molecule has 0 nitrogen and oxygen atoms in total. The Labute approximate surface area is 218 Å². The summed E-state index contributed by atoms with van der Waals surface area (Å²) in [4.78, 5) is 0. The van der Waals surface area contributed by atoms with E-state index in [0.29, 0.717) is 10.8 Å². The van der Waals surface area contributed by atoms with Gasteiger partial charge < -0.3 is 0 Å². The first-order valence-corrected chi connectivity index (χ1v) is 14.9.